The van der Waals surface area contributed by atoms with Crippen molar-refractivity contribution in [1.82, 2.24) is 4.98 Å². The summed E-state index contributed by atoms with van der Waals surface area (Å²) in [5, 5.41) is 6.56. The molecule has 2 aromatic rings. The van der Waals surface area contributed by atoms with Crippen LogP contribution < -0.4 is 10.6 Å². The second-order valence-electron chi connectivity index (χ2n) is 4.00. The average Bonchev–Trinajstić information content (AvgIpc) is 2.73. The van der Waals surface area contributed by atoms with Crippen molar-refractivity contribution in [2.75, 3.05) is 17.7 Å². The van der Waals surface area contributed by atoms with E-state index in [4.69, 9.17) is 0 Å². The van der Waals surface area contributed by atoms with E-state index in [0.717, 1.165) is 16.5 Å². The summed E-state index contributed by atoms with van der Waals surface area (Å²) in [7, 11) is 1.79. The van der Waals surface area contributed by atoms with Crippen molar-refractivity contribution in [1.29, 1.82) is 0 Å². The molecule has 94 valence electrons. The number of carbonyl (C=O) groups is 1. The number of aromatic nitrogens is 1. The van der Waals surface area contributed by atoms with Gasteiger partial charge in [-0.1, -0.05) is 29.0 Å². The Labute approximate surface area is 110 Å². The molecule has 1 aromatic carbocycles. The Morgan fingerprint density at radius 2 is 1.89 bits per heavy atom. The van der Waals surface area contributed by atoms with Gasteiger partial charge in [0.1, 0.15) is 4.88 Å². The maximum absolute atomic E-state index is 12.1. The van der Waals surface area contributed by atoms with Gasteiger partial charge in [0.2, 0.25) is 0 Å². The predicted molar refractivity (Wildman–Crippen MR) is 75.5 cm³/mol. The van der Waals surface area contributed by atoms with E-state index < -0.39 is 0 Å². The summed E-state index contributed by atoms with van der Waals surface area (Å²) in [6, 6.07) is 7.72. The monoisotopic (exact) mass is 261 g/mol. The van der Waals surface area contributed by atoms with Crippen LogP contribution in [0.4, 0.5) is 10.8 Å². The summed E-state index contributed by atoms with van der Waals surface area (Å²) in [4.78, 5) is 17.0. The highest BCUT2D eigenvalue weighted by Crippen LogP contribution is 2.23. The minimum Gasteiger partial charge on any atom is -0.365 e. The van der Waals surface area contributed by atoms with Crippen molar-refractivity contribution in [3.63, 3.8) is 0 Å². The summed E-state index contributed by atoms with van der Waals surface area (Å²) < 4.78 is 0. The maximum Gasteiger partial charge on any atom is 0.267 e. The van der Waals surface area contributed by atoms with Crippen molar-refractivity contribution in [2.24, 2.45) is 0 Å². The lowest BCUT2D eigenvalue weighted by atomic mass is 10.2. The Morgan fingerprint density at radius 3 is 2.44 bits per heavy atom. The fourth-order valence-electron chi connectivity index (χ4n) is 1.54. The molecule has 0 fully saturated rings. The molecule has 0 bridgehead atoms. The molecule has 0 unspecified atom stereocenters. The van der Waals surface area contributed by atoms with E-state index in [0.29, 0.717) is 4.88 Å². The molecule has 0 aliphatic carbocycles. The molecular formula is C13H15N3OS. The summed E-state index contributed by atoms with van der Waals surface area (Å²) >= 11 is 1.36. The van der Waals surface area contributed by atoms with E-state index in [2.05, 4.69) is 15.6 Å². The number of rotatable bonds is 3. The molecule has 4 nitrogen and oxygen atoms in total. The summed E-state index contributed by atoms with van der Waals surface area (Å²) in [5.41, 5.74) is 2.71. The van der Waals surface area contributed by atoms with Gasteiger partial charge < -0.3 is 10.6 Å². The second-order valence-corrected chi connectivity index (χ2v) is 5.00. The summed E-state index contributed by atoms with van der Waals surface area (Å²) in [6.07, 6.45) is 0. The number of benzene rings is 1. The quantitative estimate of drug-likeness (QED) is 0.892. The number of carbonyl (C=O) groups excluding carboxylic acids is 1. The molecule has 0 radical (unpaired) electrons. The van der Waals surface area contributed by atoms with Crippen LogP contribution >= 0.6 is 11.3 Å². The number of anilines is 2. The highest BCUT2D eigenvalue weighted by Gasteiger charge is 2.14. The van der Waals surface area contributed by atoms with Crippen molar-refractivity contribution in [3.05, 3.63) is 40.4 Å². The molecule has 1 heterocycles. The Balaban J connectivity index is 2.16. The Morgan fingerprint density at radius 1 is 1.22 bits per heavy atom. The zero-order valence-electron chi connectivity index (χ0n) is 10.6. The van der Waals surface area contributed by atoms with E-state index >= 15 is 0 Å². The van der Waals surface area contributed by atoms with Gasteiger partial charge in [-0.25, -0.2) is 4.98 Å². The topological polar surface area (TPSA) is 54.0 Å². The van der Waals surface area contributed by atoms with E-state index in [9.17, 15) is 4.79 Å². The van der Waals surface area contributed by atoms with Crippen molar-refractivity contribution in [2.45, 2.75) is 13.8 Å². The Kier molecular flexibility index (Phi) is 3.62. The van der Waals surface area contributed by atoms with Crippen LogP contribution in [-0.4, -0.2) is 17.9 Å². The number of hydrogen-bond donors (Lipinski definition) is 2. The van der Waals surface area contributed by atoms with Gasteiger partial charge in [0, 0.05) is 12.7 Å². The minimum absolute atomic E-state index is 0.115. The van der Waals surface area contributed by atoms with Gasteiger partial charge in [0.05, 0.1) is 5.69 Å². The number of nitrogens with one attached hydrogen (secondary N) is 2. The van der Waals surface area contributed by atoms with Crippen LogP contribution in [0.25, 0.3) is 0 Å². The first kappa shape index (κ1) is 12.6. The molecule has 0 aliphatic rings. The van der Waals surface area contributed by atoms with Crippen LogP contribution in [0.5, 0.6) is 0 Å². The van der Waals surface area contributed by atoms with Crippen molar-refractivity contribution < 1.29 is 4.79 Å². The van der Waals surface area contributed by atoms with E-state index in [-0.39, 0.29) is 5.91 Å². The molecule has 2 rings (SSSR count). The smallest absolute Gasteiger partial charge is 0.267 e. The fourth-order valence-corrected chi connectivity index (χ4v) is 2.35. The molecular weight excluding hydrogens is 246 g/mol. The molecule has 0 aliphatic heterocycles. The highest BCUT2D eigenvalue weighted by atomic mass is 32.1. The van der Waals surface area contributed by atoms with Crippen LogP contribution in [0, 0.1) is 13.8 Å². The van der Waals surface area contributed by atoms with Gasteiger partial charge in [-0.3, -0.25) is 4.79 Å². The normalized spacial score (nSPS) is 10.2. The van der Waals surface area contributed by atoms with E-state index in [1.165, 1.54) is 16.9 Å². The molecule has 18 heavy (non-hydrogen) atoms. The minimum atomic E-state index is -0.115. The zero-order valence-corrected chi connectivity index (χ0v) is 11.4. The van der Waals surface area contributed by atoms with Crippen LogP contribution in [0.1, 0.15) is 20.9 Å². The molecule has 0 saturated heterocycles. The summed E-state index contributed by atoms with van der Waals surface area (Å²) in [5.74, 6) is -0.115. The molecule has 0 saturated carbocycles. The SMILES string of the molecule is CNc1nc(C)c(C(=O)Nc2ccc(C)cc2)s1. The predicted octanol–water partition coefficient (Wildman–Crippen LogP) is 3.05. The summed E-state index contributed by atoms with van der Waals surface area (Å²) in [6.45, 7) is 3.85. The first-order valence-corrected chi connectivity index (χ1v) is 6.45. The van der Waals surface area contributed by atoms with E-state index in [1.807, 2.05) is 38.1 Å². The van der Waals surface area contributed by atoms with Crippen LogP contribution in [-0.2, 0) is 0 Å². The standard InChI is InChI=1S/C13H15N3OS/c1-8-4-6-10(7-5-8)16-12(17)11-9(2)15-13(14-3)18-11/h4-7H,1-3H3,(H,14,15)(H,16,17). The second kappa shape index (κ2) is 5.18. The Bertz CT molecular complexity index is 560. The van der Waals surface area contributed by atoms with Gasteiger partial charge in [0.15, 0.2) is 5.13 Å². The third-order valence-corrected chi connectivity index (χ3v) is 3.70. The van der Waals surface area contributed by atoms with Crippen LogP contribution in [0.3, 0.4) is 0 Å². The van der Waals surface area contributed by atoms with Gasteiger partial charge in [-0.05, 0) is 26.0 Å². The van der Waals surface area contributed by atoms with Crippen LogP contribution in [0.15, 0.2) is 24.3 Å². The number of thiazole rings is 1. The van der Waals surface area contributed by atoms with Crippen molar-refractivity contribution in [3.8, 4) is 0 Å². The highest BCUT2D eigenvalue weighted by molar-refractivity contribution is 7.17. The lowest BCUT2D eigenvalue weighted by Crippen LogP contribution is -2.11. The maximum atomic E-state index is 12.1. The molecule has 1 aromatic heterocycles. The number of amides is 1. The van der Waals surface area contributed by atoms with Gasteiger partial charge in [0.25, 0.3) is 5.91 Å². The van der Waals surface area contributed by atoms with Gasteiger partial charge in [-0.2, -0.15) is 0 Å². The van der Waals surface area contributed by atoms with Gasteiger partial charge in [-0.15, -0.1) is 0 Å². The van der Waals surface area contributed by atoms with E-state index in [1.54, 1.807) is 7.05 Å². The first-order chi connectivity index (χ1) is 8.60. The molecule has 1 amide bonds. The number of nitrogens with zero attached hydrogens (tertiary/aromatic N) is 1. The average molecular weight is 261 g/mol. The fraction of sp³-hybridized carbons (Fsp3) is 0.231. The van der Waals surface area contributed by atoms with Crippen molar-refractivity contribution >= 4 is 28.1 Å². The number of aryl methyl sites for hydroxylation is 2. The van der Waals surface area contributed by atoms with Crippen LogP contribution in [0.2, 0.25) is 0 Å². The molecule has 2 N–H and O–H groups in total. The first-order valence-electron chi connectivity index (χ1n) is 5.63. The third-order valence-electron chi connectivity index (χ3n) is 2.53. The lowest BCUT2D eigenvalue weighted by Gasteiger charge is -2.04. The molecule has 5 heteroatoms. The van der Waals surface area contributed by atoms with Gasteiger partial charge >= 0.3 is 0 Å². The number of hydrogen-bond acceptors (Lipinski definition) is 4. The third kappa shape index (κ3) is 2.68. The molecule has 0 spiro atoms. The lowest BCUT2D eigenvalue weighted by molar-refractivity contribution is 0.103. The molecule has 0 atom stereocenters. The zero-order chi connectivity index (χ0) is 13.1. The largest absolute Gasteiger partial charge is 0.365 e. The Hall–Kier alpha value is -1.88.